The Morgan fingerprint density at radius 3 is 2.65 bits per heavy atom. The van der Waals surface area contributed by atoms with Gasteiger partial charge < -0.3 is 5.73 Å². The van der Waals surface area contributed by atoms with E-state index in [2.05, 4.69) is 20.8 Å². The Bertz CT molecular complexity index is 545. The molecule has 0 saturated carbocycles. The number of sulfone groups is 1. The predicted octanol–water partition coefficient (Wildman–Crippen LogP) is 1.96. The zero-order valence-electron chi connectivity index (χ0n) is 11.6. The van der Waals surface area contributed by atoms with Gasteiger partial charge in [0.15, 0.2) is 9.84 Å². The summed E-state index contributed by atoms with van der Waals surface area (Å²) in [6.07, 6.45) is 0.839. The van der Waals surface area contributed by atoms with E-state index >= 15 is 0 Å². The van der Waals surface area contributed by atoms with Crippen molar-refractivity contribution in [3.63, 3.8) is 0 Å². The monoisotopic (exact) mass is 360 g/mol. The maximum atomic E-state index is 11.5. The van der Waals surface area contributed by atoms with Crippen molar-refractivity contribution in [3.8, 4) is 0 Å². The van der Waals surface area contributed by atoms with Crippen molar-refractivity contribution in [2.45, 2.75) is 25.4 Å². The first-order chi connectivity index (χ1) is 9.37. The van der Waals surface area contributed by atoms with Crippen molar-refractivity contribution in [3.05, 3.63) is 34.3 Å². The molecule has 1 aromatic rings. The van der Waals surface area contributed by atoms with Gasteiger partial charge in [0, 0.05) is 29.6 Å². The van der Waals surface area contributed by atoms with Gasteiger partial charge >= 0.3 is 0 Å². The van der Waals surface area contributed by atoms with Crippen LogP contribution in [0.5, 0.6) is 0 Å². The van der Waals surface area contributed by atoms with Crippen LogP contribution in [0.15, 0.2) is 28.7 Å². The van der Waals surface area contributed by atoms with Gasteiger partial charge in [-0.1, -0.05) is 28.1 Å². The zero-order chi connectivity index (χ0) is 14.8. The van der Waals surface area contributed by atoms with E-state index in [0.717, 1.165) is 23.0 Å². The van der Waals surface area contributed by atoms with Gasteiger partial charge in [0.25, 0.3) is 0 Å². The summed E-state index contributed by atoms with van der Waals surface area (Å²) in [4.78, 5) is 2.22. The predicted molar refractivity (Wildman–Crippen MR) is 85.4 cm³/mol. The Morgan fingerprint density at radius 1 is 1.40 bits per heavy atom. The number of nitrogens with zero attached hydrogens (tertiary/aromatic N) is 1. The van der Waals surface area contributed by atoms with Crippen molar-refractivity contribution in [2.24, 2.45) is 5.73 Å². The number of hydrogen-bond donors (Lipinski definition) is 1. The molecular formula is C14H21BrN2O2S. The molecule has 2 rings (SSSR count). The molecule has 2 atom stereocenters. The molecule has 1 aliphatic rings. The number of rotatable bonds is 4. The van der Waals surface area contributed by atoms with Crippen LogP contribution >= 0.6 is 15.9 Å². The van der Waals surface area contributed by atoms with E-state index in [4.69, 9.17) is 5.73 Å². The van der Waals surface area contributed by atoms with Crippen LogP contribution in [0, 0.1) is 0 Å². The van der Waals surface area contributed by atoms with Gasteiger partial charge in [-0.3, -0.25) is 4.90 Å². The summed E-state index contributed by atoms with van der Waals surface area (Å²) < 4.78 is 24.1. The molecule has 0 aromatic heterocycles. The fraction of sp³-hybridized carbons (Fsp3) is 0.571. The minimum Gasteiger partial charge on any atom is -0.324 e. The Balaban J connectivity index is 1.87. The van der Waals surface area contributed by atoms with E-state index in [1.807, 2.05) is 31.2 Å². The van der Waals surface area contributed by atoms with Crippen LogP contribution in [-0.2, 0) is 9.84 Å². The second-order valence-electron chi connectivity index (χ2n) is 5.45. The molecule has 4 nitrogen and oxygen atoms in total. The summed E-state index contributed by atoms with van der Waals surface area (Å²) in [7, 11) is -2.84. The molecule has 20 heavy (non-hydrogen) atoms. The van der Waals surface area contributed by atoms with E-state index in [1.165, 1.54) is 0 Å². The first-order valence-electron chi connectivity index (χ1n) is 6.83. The average Bonchev–Trinajstić information content (AvgIpc) is 2.37. The molecule has 112 valence electrons. The molecule has 0 amide bonds. The standard InChI is InChI=1S/C14H21BrN2O2S/c1-11-10-20(18,19)9-8-17(11)7-6-14(16)12-2-4-13(15)5-3-12/h2-5,11,14H,6-10,16H2,1H3. The SMILES string of the molecule is CC1CS(=O)(=O)CCN1CCC(N)c1ccc(Br)cc1. The highest BCUT2D eigenvalue weighted by Gasteiger charge is 2.27. The molecule has 1 aliphatic heterocycles. The Morgan fingerprint density at radius 2 is 2.05 bits per heavy atom. The second-order valence-corrected chi connectivity index (χ2v) is 8.59. The van der Waals surface area contributed by atoms with Crippen LogP contribution < -0.4 is 5.73 Å². The van der Waals surface area contributed by atoms with Crippen molar-refractivity contribution < 1.29 is 8.42 Å². The minimum atomic E-state index is -2.84. The maximum absolute atomic E-state index is 11.5. The molecule has 2 N–H and O–H groups in total. The van der Waals surface area contributed by atoms with Crippen LogP contribution in [0.3, 0.4) is 0 Å². The third-order valence-corrected chi connectivity index (χ3v) is 6.16. The molecule has 1 aromatic carbocycles. The topological polar surface area (TPSA) is 63.4 Å². The van der Waals surface area contributed by atoms with Gasteiger partial charge in [-0.15, -0.1) is 0 Å². The molecule has 0 radical (unpaired) electrons. The summed E-state index contributed by atoms with van der Waals surface area (Å²) in [5.74, 6) is 0.533. The number of benzene rings is 1. The second kappa shape index (κ2) is 6.56. The van der Waals surface area contributed by atoms with Crippen molar-refractivity contribution in [1.82, 2.24) is 4.90 Å². The molecule has 1 saturated heterocycles. The van der Waals surface area contributed by atoms with Gasteiger partial charge in [-0.05, 0) is 31.0 Å². The molecular weight excluding hydrogens is 340 g/mol. The van der Waals surface area contributed by atoms with Crippen LogP contribution in [0.1, 0.15) is 24.9 Å². The largest absolute Gasteiger partial charge is 0.324 e. The quantitative estimate of drug-likeness (QED) is 0.891. The number of nitrogens with two attached hydrogens (primary N) is 1. The molecule has 6 heteroatoms. The van der Waals surface area contributed by atoms with Crippen molar-refractivity contribution >= 4 is 25.8 Å². The van der Waals surface area contributed by atoms with Crippen molar-refractivity contribution in [1.29, 1.82) is 0 Å². The lowest BCUT2D eigenvalue weighted by molar-refractivity contribution is 0.219. The highest BCUT2D eigenvalue weighted by molar-refractivity contribution is 9.10. The lowest BCUT2D eigenvalue weighted by Gasteiger charge is -2.33. The Hall–Kier alpha value is -0.430. The van der Waals surface area contributed by atoms with Gasteiger partial charge in [-0.2, -0.15) is 0 Å². The normalized spacial score (nSPS) is 24.4. The Labute approximate surface area is 129 Å². The lowest BCUT2D eigenvalue weighted by atomic mass is 10.0. The molecule has 2 unspecified atom stereocenters. The van der Waals surface area contributed by atoms with E-state index in [9.17, 15) is 8.42 Å². The maximum Gasteiger partial charge on any atom is 0.153 e. The summed E-state index contributed by atoms with van der Waals surface area (Å²) in [6.45, 7) is 3.44. The molecule has 1 heterocycles. The van der Waals surface area contributed by atoms with Crippen LogP contribution in [0.25, 0.3) is 0 Å². The smallest absolute Gasteiger partial charge is 0.153 e. The first-order valence-corrected chi connectivity index (χ1v) is 9.44. The highest BCUT2D eigenvalue weighted by Crippen LogP contribution is 2.19. The van der Waals surface area contributed by atoms with Gasteiger partial charge in [0.2, 0.25) is 0 Å². The summed E-state index contributed by atoms with van der Waals surface area (Å²) in [5.41, 5.74) is 7.32. The molecule has 0 aliphatic carbocycles. The number of halogens is 1. The highest BCUT2D eigenvalue weighted by atomic mass is 79.9. The van der Waals surface area contributed by atoms with E-state index < -0.39 is 9.84 Å². The van der Waals surface area contributed by atoms with E-state index in [1.54, 1.807) is 0 Å². The summed E-state index contributed by atoms with van der Waals surface area (Å²) >= 11 is 3.41. The third-order valence-electron chi connectivity index (χ3n) is 3.83. The summed E-state index contributed by atoms with van der Waals surface area (Å²) in [5, 5.41) is 0. The fourth-order valence-corrected chi connectivity index (χ4v) is 4.44. The van der Waals surface area contributed by atoms with Gasteiger partial charge in [-0.25, -0.2) is 8.42 Å². The van der Waals surface area contributed by atoms with Crippen LogP contribution in [0.4, 0.5) is 0 Å². The minimum absolute atomic E-state index is 0.00571. The van der Waals surface area contributed by atoms with E-state index in [-0.39, 0.29) is 23.6 Å². The first kappa shape index (κ1) is 15.9. The van der Waals surface area contributed by atoms with Crippen molar-refractivity contribution in [2.75, 3.05) is 24.6 Å². The lowest BCUT2D eigenvalue weighted by Crippen LogP contribution is -2.47. The van der Waals surface area contributed by atoms with Crippen LogP contribution in [-0.4, -0.2) is 44.0 Å². The fourth-order valence-electron chi connectivity index (χ4n) is 2.55. The zero-order valence-corrected chi connectivity index (χ0v) is 14.0. The third kappa shape index (κ3) is 4.28. The molecule has 0 bridgehead atoms. The average molecular weight is 361 g/mol. The van der Waals surface area contributed by atoms with Gasteiger partial charge in [0.1, 0.15) is 0 Å². The van der Waals surface area contributed by atoms with E-state index in [0.29, 0.717) is 6.54 Å². The molecule has 0 spiro atoms. The summed E-state index contributed by atoms with van der Waals surface area (Å²) in [6, 6.07) is 8.12. The van der Waals surface area contributed by atoms with Crippen LogP contribution in [0.2, 0.25) is 0 Å². The number of hydrogen-bond acceptors (Lipinski definition) is 4. The molecule has 1 fully saturated rings. The Kier molecular flexibility index (Phi) is 5.23. The van der Waals surface area contributed by atoms with Gasteiger partial charge in [0.05, 0.1) is 11.5 Å².